The van der Waals surface area contributed by atoms with Crippen molar-refractivity contribution in [2.24, 2.45) is 5.10 Å². The molecule has 1 aliphatic heterocycles. The molecular weight excluding hydrogens is 512 g/mol. The second-order valence-electron chi connectivity index (χ2n) is 7.05. The number of rotatable bonds is 7. The van der Waals surface area contributed by atoms with Crippen LogP contribution in [0.25, 0.3) is 0 Å². The molecule has 3 aromatic carbocycles. The van der Waals surface area contributed by atoms with Crippen molar-refractivity contribution in [3.8, 4) is 23.0 Å². The number of carbonyl (C=O) groups excluding carboxylic acids is 1. The summed E-state index contributed by atoms with van der Waals surface area (Å²) in [6.45, 7) is 0.458. The van der Waals surface area contributed by atoms with E-state index in [9.17, 15) is 4.79 Å². The summed E-state index contributed by atoms with van der Waals surface area (Å²) in [5, 5.41) is 4.70. The topological polar surface area (TPSA) is 78.4 Å². The highest BCUT2D eigenvalue weighted by Gasteiger charge is 2.27. The summed E-state index contributed by atoms with van der Waals surface area (Å²) in [5.41, 5.74) is 4.15. The van der Waals surface area contributed by atoms with Crippen LogP contribution in [0, 0.1) is 0 Å². The highest BCUT2D eigenvalue weighted by atomic mass is 79.9. The van der Waals surface area contributed by atoms with E-state index in [1.165, 1.54) is 6.21 Å². The molecule has 1 N–H and O–H groups in total. The van der Waals surface area contributed by atoms with Crippen LogP contribution in [0.4, 0.5) is 0 Å². The number of fused-ring (bicyclic) bond motifs is 1. The Kier molecular flexibility index (Phi) is 7.36. The SMILES string of the molecule is COc1cc(/C=N\NC(=O)[C@H]2COc3ccccc3O2)cc(Br)c1OCc1ccc(Cl)cc1. The molecule has 9 heteroatoms. The minimum Gasteiger partial charge on any atom is -0.493 e. The summed E-state index contributed by atoms with van der Waals surface area (Å²) < 4.78 is 23.3. The van der Waals surface area contributed by atoms with Crippen LogP contribution in [0.1, 0.15) is 11.1 Å². The third-order valence-corrected chi connectivity index (χ3v) is 5.58. The van der Waals surface area contributed by atoms with Gasteiger partial charge >= 0.3 is 0 Å². The van der Waals surface area contributed by atoms with Crippen LogP contribution in [-0.4, -0.2) is 31.9 Å². The molecule has 1 atom stereocenters. The molecule has 4 rings (SSSR count). The monoisotopic (exact) mass is 530 g/mol. The van der Waals surface area contributed by atoms with E-state index in [-0.39, 0.29) is 6.61 Å². The molecule has 0 fully saturated rings. The quantitative estimate of drug-likeness (QED) is 0.344. The Hall–Kier alpha value is -3.23. The molecule has 1 amide bonds. The molecule has 1 aliphatic rings. The predicted octanol–water partition coefficient (Wildman–Crippen LogP) is 4.98. The number of amides is 1. The second kappa shape index (κ2) is 10.6. The maximum absolute atomic E-state index is 12.4. The van der Waals surface area contributed by atoms with Gasteiger partial charge in [0, 0.05) is 5.02 Å². The first-order valence-electron chi connectivity index (χ1n) is 9.99. The van der Waals surface area contributed by atoms with Crippen molar-refractivity contribution in [1.82, 2.24) is 5.43 Å². The number of ether oxygens (including phenoxy) is 4. The second-order valence-corrected chi connectivity index (χ2v) is 8.34. The summed E-state index contributed by atoms with van der Waals surface area (Å²) >= 11 is 9.44. The lowest BCUT2D eigenvalue weighted by atomic mass is 10.2. The molecule has 0 unspecified atom stereocenters. The van der Waals surface area contributed by atoms with Gasteiger partial charge in [-0.15, -0.1) is 0 Å². The third-order valence-electron chi connectivity index (χ3n) is 4.74. The summed E-state index contributed by atoms with van der Waals surface area (Å²) in [6, 6.07) is 18.2. The molecular formula is C24H20BrClN2O5. The largest absolute Gasteiger partial charge is 0.493 e. The summed E-state index contributed by atoms with van der Waals surface area (Å²) in [5.74, 6) is 1.80. The Balaban J connectivity index is 1.38. The summed E-state index contributed by atoms with van der Waals surface area (Å²) in [6.07, 6.45) is 0.716. The van der Waals surface area contributed by atoms with Gasteiger partial charge in [0.2, 0.25) is 6.10 Å². The van der Waals surface area contributed by atoms with Crippen molar-refractivity contribution in [3.63, 3.8) is 0 Å². The number of para-hydroxylation sites is 2. The van der Waals surface area contributed by atoms with E-state index < -0.39 is 12.0 Å². The average Bonchev–Trinajstić information content (AvgIpc) is 2.83. The van der Waals surface area contributed by atoms with E-state index in [4.69, 9.17) is 30.5 Å². The molecule has 0 aromatic heterocycles. The minimum absolute atomic E-state index is 0.109. The Bertz CT molecular complexity index is 1170. The number of carbonyl (C=O) groups is 1. The zero-order valence-corrected chi connectivity index (χ0v) is 19.9. The van der Waals surface area contributed by atoms with Crippen LogP contribution < -0.4 is 24.4 Å². The molecule has 0 aliphatic carbocycles. The van der Waals surface area contributed by atoms with Gasteiger partial charge in [0.05, 0.1) is 17.8 Å². The number of methoxy groups -OCH3 is 1. The number of hydrazone groups is 1. The lowest BCUT2D eigenvalue weighted by Crippen LogP contribution is -2.42. The molecule has 0 spiro atoms. The van der Waals surface area contributed by atoms with E-state index >= 15 is 0 Å². The fraction of sp³-hybridized carbons (Fsp3) is 0.167. The molecule has 0 saturated carbocycles. The van der Waals surface area contributed by atoms with Crippen molar-refractivity contribution in [2.45, 2.75) is 12.7 Å². The van der Waals surface area contributed by atoms with Crippen LogP contribution in [0.3, 0.4) is 0 Å². The van der Waals surface area contributed by atoms with Crippen LogP contribution in [0.2, 0.25) is 5.02 Å². The fourth-order valence-corrected chi connectivity index (χ4v) is 3.78. The van der Waals surface area contributed by atoms with E-state index in [0.29, 0.717) is 44.7 Å². The van der Waals surface area contributed by atoms with Gasteiger partial charge in [-0.05, 0) is 63.5 Å². The summed E-state index contributed by atoms with van der Waals surface area (Å²) in [4.78, 5) is 12.4. The first kappa shape index (κ1) is 22.9. The molecule has 0 bridgehead atoms. The van der Waals surface area contributed by atoms with Crippen molar-refractivity contribution in [2.75, 3.05) is 13.7 Å². The van der Waals surface area contributed by atoms with Crippen LogP contribution >= 0.6 is 27.5 Å². The van der Waals surface area contributed by atoms with Gasteiger partial charge in [-0.2, -0.15) is 5.10 Å². The Labute approximate surface area is 204 Å². The number of nitrogens with one attached hydrogen (secondary N) is 1. The summed E-state index contributed by atoms with van der Waals surface area (Å²) in [7, 11) is 1.55. The van der Waals surface area contributed by atoms with Crippen LogP contribution in [-0.2, 0) is 11.4 Å². The Morgan fingerprint density at radius 2 is 1.97 bits per heavy atom. The van der Waals surface area contributed by atoms with Gasteiger partial charge in [-0.1, -0.05) is 35.9 Å². The maximum Gasteiger partial charge on any atom is 0.284 e. The van der Waals surface area contributed by atoms with Gasteiger partial charge in [0.25, 0.3) is 5.91 Å². The van der Waals surface area contributed by atoms with Gasteiger partial charge in [0.1, 0.15) is 13.2 Å². The number of nitrogens with zero attached hydrogens (tertiary/aromatic N) is 1. The number of hydrogen-bond donors (Lipinski definition) is 1. The molecule has 7 nitrogen and oxygen atoms in total. The highest BCUT2D eigenvalue weighted by Crippen LogP contribution is 2.37. The van der Waals surface area contributed by atoms with Crippen molar-refractivity contribution in [3.05, 3.63) is 81.3 Å². The third kappa shape index (κ3) is 5.77. The molecule has 170 valence electrons. The normalized spacial score (nSPS) is 14.7. The van der Waals surface area contributed by atoms with Crippen molar-refractivity contribution < 1.29 is 23.7 Å². The van der Waals surface area contributed by atoms with Gasteiger partial charge < -0.3 is 18.9 Å². The first-order chi connectivity index (χ1) is 16.0. The van der Waals surface area contributed by atoms with Crippen LogP contribution in [0.15, 0.2) is 70.2 Å². The van der Waals surface area contributed by atoms with Gasteiger partial charge in [-0.25, -0.2) is 5.43 Å². The van der Waals surface area contributed by atoms with Crippen molar-refractivity contribution >= 4 is 39.7 Å². The Morgan fingerprint density at radius 1 is 1.21 bits per heavy atom. The zero-order valence-electron chi connectivity index (χ0n) is 17.6. The standard InChI is InChI=1S/C24H20BrClN2O5/c1-30-21-11-16(10-18(25)23(21)32-13-15-6-8-17(26)9-7-15)12-27-28-24(29)22-14-31-19-4-2-3-5-20(19)33-22/h2-12,22H,13-14H2,1H3,(H,28,29)/b27-12-/t22-/m1/s1. The molecule has 1 heterocycles. The maximum atomic E-state index is 12.4. The predicted molar refractivity (Wildman–Crippen MR) is 129 cm³/mol. The van der Waals surface area contributed by atoms with E-state index in [1.54, 1.807) is 25.3 Å². The first-order valence-corrected chi connectivity index (χ1v) is 11.2. The molecule has 33 heavy (non-hydrogen) atoms. The fourth-order valence-electron chi connectivity index (χ4n) is 3.08. The lowest BCUT2D eigenvalue weighted by Gasteiger charge is -2.24. The molecule has 3 aromatic rings. The molecule has 0 saturated heterocycles. The smallest absolute Gasteiger partial charge is 0.284 e. The van der Waals surface area contributed by atoms with E-state index in [0.717, 1.165) is 5.56 Å². The van der Waals surface area contributed by atoms with Crippen molar-refractivity contribution in [1.29, 1.82) is 0 Å². The average molecular weight is 532 g/mol. The minimum atomic E-state index is -0.790. The molecule has 0 radical (unpaired) electrons. The van der Waals surface area contributed by atoms with Crippen LogP contribution in [0.5, 0.6) is 23.0 Å². The Morgan fingerprint density at radius 3 is 2.73 bits per heavy atom. The highest BCUT2D eigenvalue weighted by molar-refractivity contribution is 9.10. The van der Waals surface area contributed by atoms with Gasteiger partial charge in [0.15, 0.2) is 23.0 Å². The number of halogens is 2. The van der Waals surface area contributed by atoms with Gasteiger partial charge in [-0.3, -0.25) is 4.79 Å². The van der Waals surface area contributed by atoms with E-state index in [1.807, 2.05) is 42.5 Å². The lowest BCUT2D eigenvalue weighted by molar-refractivity contribution is -0.130. The number of hydrogen-bond acceptors (Lipinski definition) is 6. The zero-order chi connectivity index (χ0) is 23.2. The number of benzene rings is 3. The van der Waals surface area contributed by atoms with E-state index in [2.05, 4.69) is 26.5 Å².